The molecule has 6 nitrogen and oxygen atoms in total. The molecule has 0 radical (unpaired) electrons. The summed E-state index contributed by atoms with van der Waals surface area (Å²) < 4.78 is 6.79. The average Bonchev–Trinajstić information content (AvgIpc) is 2.96. The highest BCUT2D eigenvalue weighted by molar-refractivity contribution is 8.00. The molecule has 19 heavy (non-hydrogen) atoms. The first-order chi connectivity index (χ1) is 8.95. The number of nitrogens with zero attached hydrogens (tertiary/aromatic N) is 5. The number of nitrogens with two attached hydrogens (primary N) is 1. The number of nitrogen functional groups attached to an aromatic ring is 1. The fraction of sp³-hybridized carbons (Fsp3) is 0.636. The van der Waals surface area contributed by atoms with E-state index in [0.29, 0.717) is 11.1 Å². The Labute approximate surface area is 120 Å². The smallest absolute Gasteiger partial charge is 0.216 e. The van der Waals surface area contributed by atoms with Crippen molar-refractivity contribution in [3.05, 3.63) is 11.6 Å². The van der Waals surface area contributed by atoms with Gasteiger partial charge in [0.1, 0.15) is 5.82 Å². The molecule has 0 unspecified atom stereocenters. The molecule has 2 N–H and O–H groups in total. The first kappa shape index (κ1) is 12.9. The average molecular weight is 296 g/mol. The summed E-state index contributed by atoms with van der Waals surface area (Å²) in [6, 6.07) is 0. The van der Waals surface area contributed by atoms with Gasteiger partial charge in [-0.25, -0.2) is 9.66 Å². The van der Waals surface area contributed by atoms with Crippen molar-refractivity contribution >= 4 is 23.3 Å². The van der Waals surface area contributed by atoms with E-state index >= 15 is 0 Å². The Morgan fingerprint density at radius 1 is 1.32 bits per heavy atom. The van der Waals surface area contributed by atoms with Crippen LogP contribution in [0.4, 0.5) is 0 Å². The molecule has 0 bridgehead atoms. The fourth-order valence-corrected chi connectivity index (χ4v) is 3.25. The molecule has 0 saturated heterocycles. The van der Waals surface area contributed by atoms with E-state index in [4.69, 9.17) is 5.84 Å². The van der Waals surface area contributed by atoms with Gasteiger partial charge < -0.3 is 5.84 Å². The topological polar surface area (TPSA) is 82.5 Å². The van der Waals surface area contributed by atoms with E-state index in [9.17, 15) is 0 Å². The lowest BCUT2D eigenvalue weighted by molar-refractivity contribution is 0.523. The standard InChI is InChI=1S/C11H16N6S2/c1-11(2,3)8-14-15-9(17(8)12)18-10-13-7(16-19-10)6-4-5-6/h6H,4-5,12H2,1-3H3. The van der Waals surface area contributed by atoms with Crippen molar-refractivity contribution in [1.82, 2.24) is 24.2 Å². The van der Waals surface area contributed by atoms with Crippen molar-refractivity contribution in [1.29, 1.82) is 0 Å². The van der Waals surface area contributed by atoms with Crippen LogP contribution in [0, 0.1) is 0 Å². The molecule has 0 spiro atoms. The molecule has 0 atom stereocenters. The van der Waals surface area contributed by atoms with Gasteiger partial charge in [0, 0.05) is 11.3 Å². The molecule has 1 aliphatic carbocycles. The fourth-order valence-electron chi connectivity index (χ4n) is 1.71. The van der Waals surface area contributed by atoms with Crippen LogP contribution in [0.25, 0.3) is 0 Å². The molecule has 1 fully saturated rings. The van der Waals surface area contributed by atoms with E-state index in [-0.39, 0.29) is 5.41 Å². The molecule has 2 heterocycles. The van der Waals surface area contributed by atoms with Crippen LogP contribution >= 0.6 is 23.3 Å². The maximum Gasteiger partial charge on any atom is 0.216 e. The first-order valence-electron chi connectivity index (χ1n) is 6.17. The summed E-state index contributed by atoms with van der Waals surface area (Å²) in [5.74, 6) is 8.35. The van der Waals surface area contributed by atoms with Crippen molar-refractivity contribution in [3.63, 3.8) is 0 Å². The summed E-state index contributed by atoms with van der Waals surface area (Å²) in [6.45, 7) is 6.18. The van der Waals surface area contributed by atoms with Crippen LogP contribution in [0.2, 0.25) is 0 Å². The van der Waals surface area contributed by atoms with Gasteiger partial charge in [0.05, 0.1) is 0 Å². The van der Waals surface area contributed by atoms with E-state index in [2.05, 4.69) is 40.3 Å². The third-order valence-electron chi connectivity index (χ3n) is 2.88. The van der Waals surface area contributed by atoms with Crippen LogP contribution in [0.5, 0.6) is 0 Å². The van der Waals surface area contributed by atoms with E-state index in [0.717, 1.165) is 16.0 Å². The molecule has 8 heteroatoms. The van der Waals surface area contributed by atoms with Crippen molar-refractivity contribution in [3.8, 4) is 0 Å². The maximum absolute atomic E-state index is 6.04. The van der Waals surface area contributed by atoms with Crippen LogP contribution in [-0.4, -0.2) is 24.2 Å². The molecule has 1 saturated carbocycles. The van der Waals surface area contributed by atoms with E-state index in [1.54, 1.807) is 4.68 Å². The summed E-state index contributed by atoms with van der Waals surface area (Å²) >= 11 is 2.83. The van der Waals surface area contributed by atoms with Crippen LogP contribution in [-0.2, 0) is 5.41 Å². The highest BCUT2D eigenvalue weighted by atomic mass is 32.2. The van der Waals surface area contributed by atoms with Crippen LogP contribution in [0.3, 0.4) is 0 Å². The Hall–Kier alpha value is -1.15. The third kappa shape index (κ3) is 2.59. The van der Waals surface area contributed by atoms with Gasteiger partial charge in [-0.1, -0.05) is 20.8 Å². The SMILES string of the molecule is CC(C)(C)c1nnc(Sc2nc(C3CC3)ns2)n1N. The zero-order valence-corrected chi connectivity index (χ0v) is 12.8. The van der Waals surface area contributed by atoms with Gasteiger partial charge in [0.25, 0.3) is 0 Å². The Morgan fingerprint density at radius 2 is 2.05 bits per heavy atom. The van der Waals surface area contributed by atoms with Crippen molar-refractivity contribution < 1.29 is 0 Å². The van der Waals surface area contributed by atoms with E-state index in [1.165, 1.54) is 36.1 Å². The second-order valence-electron chi connectivity index (χ2n) is 5.72. The Balaban J connectivity index is 1.80. The van der Waals surface area contributed by atoms with E-state index < -0.39 is 0 Å². The van der Waals surface area contributed by atoms with E-state index in [1.807, 2.05) is 0 Å². The Morgan fingerprint density at radius 3 is 2.63 bits per heavy atom. The van der Waals surface area contributed by atoms with Crippen LogP contribution < -0.4 is 5.84 Å². The predicted octanol–water partition coefficient (Wildman–Crippen LogP) is 2.17. The summed E-state index contributed by atoms with van der Waals surface area (Å²) in [6.07, 6.45) is 2.42. The minimum atomic E-state index is -0.124. The normalized spacial score (nSPS) is 15.9. The van der Waals surface area contributed by atoms with Gasteiger partial charge in [0.15, 0.2) is 10.2 Å². The van der Waals surface area contributed by atoms with Crippen LogP contribution in [0.15, 0.2) is 9.50 Å². The quantitative estimate of drug-likeness (QED) is 0.874. The van der Waals surface area contributed by atoms with Gasteiger partial charge >= 0.3 is 0 Å². The lowest BCUT2D eigenvalue weighted by Crippen LogP contribution is -2.24. The maximum atomic E-state index is 6.04. The Kier molecular flexibility index (Phi) is 3.01. The molecular formula is C11H16N6S2. The molecule has 2 aromatic rings. The van der Waals surface area contributed by atoms with Gasteiger partial charge in [-0.3, -0.25) is 0 Å². The number of aromatic nitrogens is 5. The number of hydrogen-bond donors (Lipinski definition) is 1. The van der Waals surface area contributed by atoms with Gasteiger partial charge in [0.2, 0.25) is 5.16 Å². The first-order valence-corrected chi connectivity index (χ1v) is 7.76. The molecule has 0 aliphatic heterocycles. The minimum absolute atomic E-state index is 0.124. The second kappa shape index (κ2) is 4.45. The lowest BCUT2D eigenvalue weighted by Gasteiger charge is -2.16. The molecule has 102 valence electrons. The van der Waals surface area contributed by atoms with Gasteiger partial charge in [-0.15, -0.1) is 10.2 Å². The van der Waals surface area contributed by atoms with Crippen molar-refractivity contribution in [2.75, 3.05) is 5.84 Å². The third-order valence-corrected chi connectivity index (χ3v) is 4.61. The van der Waals surface area contributed by atoms with Crippen molar-refractivity contribution in [2.24, 2.45) is 0 Å². The molecule has 1 aliphatic rings. The van der Waals surface area contributed by atoms with Crippen LogP contribution in [0.1, 0.15) is 51.2 Å². The second-order valence-corrected chi connectivity index (χ2v) is 7.69. The zero-order valence-electron chi connectivity index (χ0n) is 11.1. The molecular weight excluding hydrogens is 280 g/mol. The molecule has 0 aromatic carbocycles. The summed E-state index contributed by atoms with van der Waals surface area (Å²) in [5, 5.41) is 8.95. The van der Waals surface area contributed by atoms with Gasteiger partial charge in [-0.2, -0.15) is 4.37 Å². The Bertz CT molecular complexity index is 593. The highest BCUT2D eigenvalue weighted by Crippen LogP contribution is 2.40. The highest BCUT2D eigenvalue weighted by Gasteiger charge is 2.28. The molecule has 0 amide bonds. The molecule has 3 rings (SSSR count). The zero-order chi connectivity index (χ0) is 13.6. The number of hydrogen-bond acceptors (Lipinski definition) is 7. The monoisotopic (exact) mass is 296 g/mol. The molecule has 2 aromatic heterocycles. The van der Waals surface area contributed by atoms with Gasteiger partial charge in [-0.05, 0) is 36.1 Å². The minimum Gasteiger partial charge on any atom is -0.336 e. The largest absolute Gasteiger partial charge is 0.336 e. The summed E-state index contributed by atoms with van der Waals surface area (Å²) in [7, 11) is 0. The predicted molar refractivity (Wildman–Crippen MR) is 74.9 cm³/mol. The summed E-state index contributed by atoms with van der Waals surface area (Å²) in [4.78, 5) is 4.51. The van der Waals surface area contributed by atoms with Crippen molar-refractivity contribution in [2.45, 2.75) is 54.4 Å². The summed E-state index contributed by atoms with van der Waals surface area (Å²) in [5.41, 5.74) is -0.124. The lowest BCUT2D eigenvalue weighted by atomic mass is 9.96. The number of rotatable bonds is 3.